The summed E-state index contributed by atoms with van der Waals surface area (Å²) in [7, 11) is 0. The van der Waals surface area contributed by atoms with Crippen molar-refractivity contribution in [3.8, 4) is 0 Å². The molecule has 16 heavy (non-hydrogen) atoms. The molecule has 0 radical (unpaired) electrons. The van der Waals surface area contributed by atoms with Crippen molar-refractivity contribution >= 4 is 12.2 Å². The van der Waals surface area contributed by atoms with Crippen molar-refractivity contribution in [1.82, 2.24) is 0 Å². The zero-order valence-electron chi connectivity index (χ0n) is 10.1. The Labute approximate surface area is 95.9 Å². The summed E-state index contributed by atoms with van der Waals surface area (Å²) in [4.78, 5) is 28.3. The first kappa shape index (κ1) is 12.8. The second-order valence-corrected chi connectivity index (χ2v) is 5.69. The number of hydrogen-bond acceptors (Lipinski definition) is 4. The van der Waals surface area contributed by atoms with E-state index in [1.54, 1.807) is 6.08 Å². The lowest BCUT2D eigenvalue weighted by Crippen LogP contribution is -2.43. The summed E-state index contributed by atoms with van der Waals surface area (Å²) in [5.41, 5.74) is -0.420. The fourth-order valence-corrected chi connectivity index (χ4v) is 3.22. The lowest BCUT2D eigenvalue weighted by atomic mass is 9.64. The van der Waals surface area contributed by atoms with Crippen LogP contribution in [0.1, 0.15) is 40.0 Å². The van der Waals surface area contributed by atoms with Crippen LogP contribution in [0.3, 0.4) is 0 Å². The highest BCUT2D eigenvalue weighted by molar-refractivity contribution is 5.37. The molecule has 0 spiro atoms. The van der Waals surface area contributed by atoms with E-state index in [-0.39, 0.29) is 12.0 Å². The third kappa shape index (κ3) is 3.13. The third-order valence-electron chi connectivity index (χ3n) is 3.16. The quantitative estimate of drug-likeness (QED) is 0.543. The molecular formula is C12H18N2O2. The van der Waals surface area contributed by atoms with E-state index in [2.05, 4.69) is 30.8 Å². The first-order chi connectivity index (χ1) is 7.43. The highest BCUT2D eigenvalue weighted by Gasteiger charge is 2.43. The number of carbonyl (C=O) groups excluding carboxylic acids is 2. The largest absolute Gasteiger partial charge is 0.235 e. The highest BCUT2D eigenvalue weighted by Crippen LogP contribution is 2.45. The lowest BCUT2D eigenvalue weighted by Gasteiger charge is -2.43. The van der Waals surface area contributed by atoms with Crippen LogP contribution in [0.4, 0.5) is 0 Å². The predicted octanol–water partition coefficient (Wildman–Crippen LogP) is 2.24. The third-order valence-corrected chi connectivity index (χ3v) is 3.16. The molecule has 1 rings (SSSR count). The number of hydrogen-bond donors (Lipinski definition) is 0. The van der Waals surface area contributed by atoms with Gasteiger partial charge in [-0.25, -0.2) is 14.6 Å². The molecule has 0 heterocycles. The van der Waals surface area contributed by atoms with Crippen LogP contribution in [0.2, 0.25) is 0 Å². The average molecular weight is 222 g/mol. The molecule has 0 aromatic carbocycles. The molecule has 0 saturated heterocycles. The van der Waals surface area contributed by atoms with Crippen molar-refractivity contribution in [2.45, 2.75) is 45.6 Å². The molecule has 1 fully saturated rings. The zero-order chi connectivity index (χ0) is 12.2. The molecule has 0 aromatic rings. The van der Waals surface area contributed by atoms with E-state index in [0.29, 0.717) is 5.92 Å². The molecule has 1 saturated carbocycles. The van der Waals surface area contributed by atoms with Gasteiger partial charge in [0.15, 0.2) is 0 Å². The molecule has 4 heteroatoms. The fourth-order valence-electron chi connectivity index (χ4n) is 3.22. The van der Waals surface area contributed by atoms with Gasteiger partial charge in [0.1, 0.15) is 0 Å². The summed E-state index contributed by atoms with van der Waals surface area (Å²) in [5.74, 6) is 0.475. The Morgan fingerprint density at radius 2 is 1.94 bits per heavy atom. The first-order valence-corrected chi connectivity index (χ1v) is 5.56. The van der Waals surface area contributed by atoms with Crippen LogP contribution in [0.15, 0.2) is 9.98 Å². The Balaban J connectivity index is 2.99. The molecule has 1 aliphatic carbocycles. The van der Waals surface area contributed by atoms with E-state index >= 15 is 0 Å². The summed E-state index contributed by atoms with van der Waals surface area (Å²) in [6.45, 7) is 6.70. The molecular weight excluding hydrogens is 204 g/mol. The molecule has 2 atom stereocenters. The van der Waals surface area contributed by atoms with Crippen LogP contribution in [-0.4, -0.2) is 24.2 Å². The minimum Gasteiger partial charge on any atom is -0.211 e. The summed E-state index contributed by atoms with van der Waals surface area (Å²) >= 11 is 0. The van der Waals surface area contributed by atoms with E-state index in [9.17, 15) is 9.59 Å². The Morgan fingerprint density at radius 1 is 1.25 bits per heavy atom. The van der Waals surface area contributed by atoms with Gasteiger partial charge in [0.25, 0.3) is 0 Å². The van der Waals surface area contributed by atoms with Crippen LogP contribution in [0, 0.1) is 11.3 Å². The van der Waals surface area contributed by atoms with Gasteiger partial charge in [-0.3, -0.25) is 0 Å². The Kier molecular flexibility index (Phi) is 3.79. The minimum absolute atomic E-state index is 0.121. The maximum Gasteiger partial charge on any atom is 0.235 e. The van der Waals surface area contributed by atoms with E-state index < -0.39 is 5.54 Å². The summed E-state index contributed by atoms with van der Waals surface area (Å²) < 4.78 is 0. The molecule has 1 aliphatic rings. The van der Waals surface area contributed by atoms with Crippen LogP contribution >= 0.6 is 0 Å². The van der Waals surface area contributed by atoms with E-state index in [1.165, 1.54) is 6.08 Å². The zero-order valence-corrected chi connectivity index (χ0v) is 10.1. The topological polar surface area (TPSA) is 58.9 Å². The second-order valence-electron chi connectivity index (χ2n) is 5.69. The number of aliphatic imine (C=N–C) groups is 2. The number of isocyanates is 2. The maximum atomic E-state index is 10.5. The molecule has 1 unspecified atom stereocenters. The molecule has 0 amide bonds. The Morgan fingerprint density at radius 3 is 2.44 bits per heavy atom. The predicted molar refractivity (Wildman–Crippen MR) is 60.6 cm³/mol. The van der Waals surface area contributed by atoms with Gasteiger partial charge in [0.2, 0.25) is 12.2 Å². The van der Waals surface area contributed by atoms with E-state index in [1.807, 2.05) is 0 Å². The first-order valence-electron chi connectivity index (χ1n) is 5.56. The Hall–Kier alpha value is -1.24. The monoisotopic (exact) mass is 222 g/mol. The van der Waals surface area contributed by atoms with Crippen LogP contribution in [0.5, 0.6) is 0 Å². The van der Waals surface area contributed by atoms with Gasteiger partial charge in [-0.1, -0.05) is 20.8 Å². The van der Waals surface area contributed by atoms with Crippen molar-refractivity contribution in [2.75, 3.05) is 6.54 Å². The molecule has 4 nitrogen and oxygen atoms in total. The van der Waals surface area contributed by atoms with Crippen molar-refractivity contribution in [2.24, 2.45) is 21.3 Å². The van der Waals surface area contributed by atoms with Crippen LogP contribution in [-0.2, 0) is 9.59 Å². The Bertz CT molecular complexity index is 352. The summed E-state index contributed by atoms with van der Waals surface area (Å²) in [6.07, 6.45) is 5.82. The maximum absolute atomic E-state index is 10.5. The standard InChI is InChI=1S/C12H18N2O2/c1-10-4-11(2,3)6-12(5-10,14-9-16)7-13-8-15/h10H,4-7H2,1-3H3/t10?,12-/m0/s1. The van der Waals surface area contributed by atoms with Crippen molar-refractivity contribution in [3.63, 3.8) is 0 Å². The molecule has 0 bridgehead atoms. The van der Waals surface area contributed by atoms with Crippen molar-refractivity contribution in [3.05, 3.63) is 0 Å². The second kappa shape index (κ2) is 4.73. The van der Waals surface area contributed by atoms with Crippen LogP contribution < -0.4 is 0 Å². The fraction of sp³-hybridized carbons (Fsp3) is 0.833. The minimum atomic E-state index is -0.541. The molecule has 0 N–H and O–H groups in total. The number of nitrogens with zero attached hydrogens (tertiary/aromatic N) is 2. The summed E-state index contributed by atoms with van der Waals surface area (Å²) in [5, 5.41) is 0. The van der Waals surface area contributed by atoms with Crippen molar-refractivity contribution < 1.29 is 9.59 Å². The highest BCUT2D eigenvalue weighted by atomic mass is 16.1. The normalized spacial score (nSPS) is 32.3. The van der Waals surface area contributed by atoms with Crippen molar-refractivity contribution in [1.29, 1.82) is 0 Å². The summed E-state index contributed by atoms with van der Waals surface area (Å²) in [6, 6.07) is 0. The van der Waals surface area contributed by atoms with Gasteiger partial charge in [0.05, 0.1) is 12.1 Å². The number of rotatable bonds is 3. The van der Waals surface area contributed by atoms with Gasteiger partial charge < -0.3 is 0 Å². The average Bonchev–Trinajstić information content (AvgIpc) is 2.12. The van der Waals surface area contributed by atoms with Gasteiger partial charge in [-0.15, -0.1) is 0 Å². The van der Waals surface area contributed by atoms with Gasteiger partial charge in [0, 0.05) is 0 Å². The van der Waals surface area contributed by atoms with E-state index in [4.69, 9.17) is 0 Å². The van der Waals surface area contributed by atoms with E-state index in [0.717, 1.165) is 19.3 Å². The van der Waals surface area contributed by atoms with Gasteiger partial charge >= 0.3 is 0 Å². The lowest BCUT2D eigenvalue weighted by molar-refractivity contribution is 0.114. The molecule has 88 valence electrons. The smallest absolute Gasteiger partial charge is 0.211 e. The van der Waals surface area contributed by atoms with Gasteiger partial charge in [-0.2, -0.15) is 4.99 Å². The molecule has 0 aromatic heterocycles. The van der Waals surface area contributed by atoms with Crippen LogP contribution in [0.25, 0.3) is 0 Å². The SMILES string of the molecule is CC1CC(C)(C)C[C@@](CN=C=O)(N=C=O)C1. The molecule has 0 aliphatic heterocycles. The van der Waals surface area contributed by atoms with Gasteiger partial charge in [-0.05, 0) is 30.6 Å².